The fourth-order valence-electron chi connectivity index (χ4n) is 1.14. The Hall–Kier alpha value is -1.54. The van der Waals surface area contributed by atoms with Crippen LogP contribution in [0.3, 0.4) is 0 Å². The highest BCUT2D eigenvalue weighted by atomic mass is 32.2. The highest BCUT2D eigenvalue weighted by Crippen LogP contribution is 2.18. The molecule has 1 rings (SSSR count). The minimum absolute atomic E-state index is 0.00299. The number of carbonyl (C=O) groups excluding carboxylic acids is 1. The molecule has 0 saturated carbocycles. The zero-order chi connectivity index (χ0) is 13.9. The number of anilines is 1. The van der Waals surface area contributed by atoms with E-state index in [9.17, 15) is 22.0 Å². The van der Waals surface area contributed by atoms with Crippen molar-refractivity contribution in [1.29, 1.82) is 0 Å². The number of amides is 1. The van der Waals surface area contributed by atoms with E-state index in [1.165, 1.54) is 32.3 Å². The summed E-state index contributed by atoms with van der Waals surface area (Å²) < 4.78 is 48.6. The number of rotatable bonds is 4. The SMILES string of the molecule is CN(C)S(=O)(=O)c1cccc(NC(=O)C(F)F)c1. The van der Waals surface area contributed by atoms with E-state index in [4.69, 9.17) is 0 Å². The lowest BCUT2D eigenvalue weighted by molar-refractivity contribution is -0.126. The third kappa shape index (κ3) is 3.23. The minimum atomic E-state index is -3.66. The average Bonchev–Trinajstić information content (AvgIpc) is 2.28. The van der Waals surface area contributed by atoms with Gasteiger partial charge in [-0.1, -0.05) is 6.07 Å². The van der Waals surface area contributed by atoms with Gasteiger partial charge in [0.05, 0.1) is 4.90 Å². The van der Waals surface area contributed by atoms with Crippen molar-refractivity contribution < 1.29 is 22.0 Å². The van der Waals surface area contributed by atoms with Gasteiger partial charge in [0, 0.05) is 19.8 Å². The number of benzene rings is 1. The molecule has 0 saturated heterocycles. The lowest BCUT2D eigenvalue weighted by atomic mass is 10.3. The predicted molar refractivity (Wildman–Crippen MR) is 61.9 cm³/mol. The minimum Gasteiger partial charge on any atom is -0.321 e. The van der Waals surface area contributed by atoms with Crippen molar-refractivity contribution in [2.75, 3.05) is 19.4 Å². The highest BCUT2D eigenvalue weighted by molar-refractivity contribution is 7.89. The Morgan fingerprint density at radius 1 is 1.33 bits per heavy atom. The van der Waals surface area contributed by atoms with Gasteiger partial charge < -0.3 is 5.32 Å². The van der Waals surface area contributed by atoms with Gasteiger partial charge in [0.1, 0.15) is 0 Å². The zero-order valence-electron chi connectivity index (χ0n) is 9.72. The van der Waals surface area contributed by atoms with Gasteiger partial charge in [0.25, 0.3) is 5.91 Å². The summed E-state index contributed by atoms with van der Waals surface area (Å²) in [4.78, 5) is 10.7. The lowest BCUT2D eigenvalue weighted by Gasteiger charge is -2.12. The molecule has 0 aliphatic rings. The van der Waals surface area contributed by atoms with Gasteiger partial charge in [0.15, 0.2) is 0 Å². The van der Waals surface area contributed by atoms with E-state index in [1.807, 2.05) is 5.32 Å². The fraction of sp³-hybridized carbons (Fsp3) is 0.300. The van der Waals surface area contributed by atoms with Crippen LogP contribution < -0.4 is 5.32 Å². The summed E-state index contributed by atoms with van der Waals surface area (Å²) in [7, 11) is -0.967. The molecule has 0 unspecified atom stereocenters. The maximum absolute atomic E-state index is 12.0. The molecule has 100 valence electrons. The molecule has 0 aromatic heterocycles. The summed E-state index contributed by atoms with van der Waals surface area (Å²) in [5.74, 6) is -1.48. The molecule has 1 aromatic carbocycles. The van der Waals surface area contributed by atoms with Crippen LogP contribution in [0, 0.1) is 0 Å². The van der Waals surface area contributed by atoms with Crippen LogP contribution >= 0.6 is 0 Å². The third-order valence-electron chi connectivity index (χ3n) is 2.08. The van der Waals surface area contributed by atoms with E-state index in [0.29, 0.717) is 0 Å². The molecular formula is C10H12F2N2O3S. The van der Waals surface area contributed by atoms with Crippen molar-refractivity contribution in [3.05, 3.63) is 24.3 Å². The third-order valence-corrected chi connectivity index (χ3v) is 3.89. The Bertz CT molecular complexity index is 544. The first kappa shape index (κ1) is 14.5. The molecule has 1 aromatic rings. The number of hydrogen-bond acceptors (Lipinski definition) is 3. The summed E-state index contributed by atoms with van der Waals surface area (Å²) in [6.45, 7) is 0. The maximum Gasteiger partial charge on any atom is 0.315 e. The Morgan fingerprint density at radius 2 is 1.94 bits per heavy atom. The van der Waals surface area contributed by atoms with Crippen molar-refractivity contribution in [1.82, 2.24) is 4.31 Å². The molecule has 0 heterocycles. The van der Waals surface area contributed by atoms with Crippen LogP contribution in [0.5, 0.6) is 0 Å². The van der Waals surface area contributed by atoms with Crippen LogP contribution in [0.1, 0.15) is 0 Å². The first-order valence-electron chi connectivity index (χ1n) is 4.87. The van der Waals surface area contributed by atoms with Gasteiger partial charge in [-0.25, -0.2) is 12.7 Å². The molecular weight excluding hydrogens is 266 g/mol. The topological polar surface area (TPSA) is 66.5 Å². The largest absolute Gasteiger partial charge is 0.321 e. The van der Waals surface area contributed by atoms with Crippen molar-refractivity contribution >= 4 is 21.6 Å². The summed E-state index contributed by atoms with van der Waals surface area (Å²) in [5.41, 5.74) is 0.00299. The molecule has 1 amide bonds. The molecule has 0 fully saturated rings. The van der Waals surface area contributed by atoms with E-state index < -0.39 is 22.4 Å². The second kappa shape index (κ2) is 5.40. The Kier molecular flexibility index (Phi) is 4.36. The molecule has 1 N–H and O–H groups in total. The number of alkyl halides is 2. The van der Waals surface area contributed by atoms with E-state index in [-0.39, 0.29) is 10.6 Å². The molecule has 0 spiro atoms. The number of hydrogen-bond donors (Lipinski definition) is 1. The van der Waals surface area contributed by atoms with Crippen molar-refractivity contribution in [3.63, 3.8) is 0 Å². The molecule has 0 aliphatic carbocycles. The summed E-state index contributed by atoms with van der Waals surface area (Å²) in [6.07, 6.45) is -3.15. The number of halogens is 2. The molecule has 0 atom stereocenters. The number of nitrogens with zero attached hydrogens (tertiary/aromatic N) is 1. The monoisotopic (exact) mass is 278 g/mol. The fourth-order valence-corrected chi connectivity index (χ4v) is 2.09. The smallest absolute Gasteiger partial charge is 0.315 e. The number of sulfonamides is 1. The highest BCUT2D eigenvalue weighted by Gasteiger charge is 2.19. The van der Waals surface area contributed by atoms with Gasteiger partial charge >= 0.3 is 6.43 Å². The Labute approximate surface area is 103 Å². The Morgan fingerprint density at radius 3 is 2.44 bits per heavy atom. The van der Waals surface area contributed by atoms with Crippen molar-refractivity contribution in [2.24, 2.45) is 0 Å². The molecule has 0 bridgehead atoms. The number of nitrogens with one attached hydrogen (secondary N) is 1. The van der Waals surface area contributed by atoms with E-state index in [1.54, 1.807) is 0 Å². The van der Waals surface area contributed by atoms with E-state index >= 15 is 0 Å². The summed E-state index contributed by atoms with van der Waals surface area (Å²) in [5, 5.41) is 1.92. The zero-order valence-corrected chi connectivity index (χ0v) is 10.5. The van der Waals surface area contributed by atoms with Crippen molar-refractivity contribution in [2.45, 2.75) is 11.3 Å². The van der Waals surface area contributed by atoms with Gasteiger partial charge in [-0.15, -0.1) is 0 Å². The molecule has 5 nitrogen and oxygen atoms in total. The van der Waals surface area contributed by atoms with Gasteiger partial charge in [-0.3, -0.25) is 4.79 Å². The normalized spacial score (nSPS) is 11.9. The molecule has 0 aliphatic heterocycles. The second-order valence-electron chi connectivity index (χ2n) is 3.61. The lowest BCUT2D eigenvalue weighted by Crippen LogP contribution is -2.23. The van der Waals surface area contributed by atoms with Crippen molar-refractivity contribution in [3.8, 4) is 0 Å². The van der Waals surface area contributed by atoms with Gasteiger partial charge in [-0.05, 0) is 18.2 Å². The first-order chi connectivity index (χ1) is 8.25. The van der Waals surface area contributed by atoms with E-state index in [2.05, 4.69) is 0 Å². The standard InChI is InChI=1S/C10H12F2N2O3S/c1-14(2)18(16,17)8-5-3-4-7(6-8)13-10(15)9(11)12/h3-6,9H,1-2H3,(H,13,15). The van der Waals surface area contributed by atoms with Gasteiger partial charge in [-0.2, -0.15) is 8.78 Å². The van der Waals surface area contributed by atoms with Crippen LogP contribution in [-0.4, -0.2) is 39.2 Å². The maximum atomic E-state index is 12.0. The molecule has 18 heavy (non-hydrogen) atoms. The van der Waals surface area contributed by atoms with Crippen LogP contribution in [0.25, 0.3) is 0 Å². The quantitative estimate of drug-likeness (QED) is 0.898. The summed E-state index contributed by atoms with van der Waals surface area (Å²) >= 11 is 0. The number of carbonyl (C=O) groups is 1. The van der Waals surface area contributed by atoms with Crippen LogP contribution in [0.15, 0.2) is 29.2 Å². The van der Waals surface area contributed by atoms with Gasteiger partial charge in [0.2, 0.25) is 10.0 Å². The first-order valence-corrected chi connectivity index (χ1v) is 6.31. The summed E-state index contributed by atoms with van der Waals surface area (Å²) in [6, 6.07) is 5.12. The molecule has 0 radical (unpaired) electrons. The van der Waals surface area contributed by atoms with E-state index in [0.717, 1.165) is 10.4 Å². The predicted octanol–water partition coefficient (Wildman–Crippen LogP) is 1.14. The Balaban J connectivity index is 3.04. The average molecular weight is 278 g/mol. The van der Waals surface area contributed by atoms with Crippen LogP contribution in [-0.2, 0) is 14.8 Å². The van der Waals surface area contributed by atoms with Crippen LogP contribution in [0.4, 0.5) is 14.5 Å². The van der Waals surface area contributed by atoms with Crippen LogP contribution in [0.2, 0.25) is 0 Å². The molecule has 8 heteroatoms. The second-order valence-corrected chi connectivity index (χ2v) is 5.76.